The molecule has 1 aliphatic rings. The number of nitrogens with zero attached hydrogens (tertiary/aromatic N) is 4. The van der Waals surface area contributed by atoms with Crippen molar-refractivity contribution in [2.24, 2.45) is 5.41 Å². The molecule has 0 radical (unpaired) electrons. The number of nitrogens with one attached hydrogen (secondary N) is 1. The molecule has 0 spiro atoms. The van der Waals surface area contributed by atoms with E-state index in [1.165, 1.54) is 32.1 Å². The smallest absolute Gasteiger partial charge is 0.165 e. The number of aromatic nitrogens is 4. The zero-order valence-corrected chi connectivity index (χ0v) is 10.9. The largest absolute Gasteiger partial charge is 0.310 e. The van der Waals surface area contributed by atoms with Crippen LogP contribution in [-0.4, -0.2) is 26.8 Å². The van der Waals surface area contributed by atoms with Gasteiger partial charge in [-0.2, -0.15) is 0 Å². The lowest BCUT2D eigenvalue weighted by atomic mass is 9.83. The Morgan fingerprint density at radius 1 is 1.29 bits per heavy atom. The monoisotopic (exact) mass is 237 g/mol. The van der Waals surface area contributed by atoms with E-state index in [-0.39, 0.29) is 0 Å². The molecular formula is C12H23N5. The van der Waals surface area contributed by atoms with Gasteiger partial charge in [-0.15, -0.1) is 5.10 Å². The summed E-state index contributed by atoms with van der Waals surface area (Å²) < 4.78 is 2.00. The van der Waals surface area contributed by atoms with Crippen LogP contribution in [0.15, 0.2) is 0 Å². The van der Waals surface area contributed by atoms with Gasteiger partial charge < -0.3 is 5.32 Å². The fourth-order valence-corrected chi connectivity index (χ4v) is 2.78. The third-order valence-corrected chi connectivity index (χ3v) is 4.04. The molecule has 2 rings (SSSR count). The van der Waals surface area contributed by atoms with Crippen molar-refractivity contribution >= 4 is 0 Å². The van der Waals surface area contributed by atoms with Crippen LogP contribution in [0.3, 0.4) is 0 Å². The number of rotatable bonds is 6. The molecule has 0 unspecified atom stereocenters. The Morgan fingerprint density at radius 2 is 2.06 bits per heavy atom. The lowest BCUT2D eigenvalue weighted by Gasteiger charge is -2.27. The maximum absolute atomic E-state index is 4.14. The van der Waals surface area contributed by atoms with Gasteiger partial charge >= 0.3 is 0 Å². The van der Waals surface area contributed by atoms with Crippen molar-refractivity contribution in [3.05, 3.63) is 5.82 Å². The van der Waals surface area contributed by atoms with Crippen molar-refractivity contribution in [2.45, 2.75) is 59.0 Å². The molecule has 0 aliphatic heterocycles. The SMILES string of the molecule is CCNCc1nnnn1CC1(CC)CCCC1. The summed E-state index contributed by atoms with van der Waals surface area (Å²) in [5, 5.41) is 15.3. The van der Waals surface area contributed by atoms with Gasteiger partial charge in [-0.25, -0.2) is 4.68 Å². The molecule has 1 aliphatic carbocycles. The fraction of sp³-hybridized carbons (Fsp3) is 0.917. The van der Waals surface area contributed by atoms with Crippen molar-refractivity contribution in [1.29, 1.82) is 0 Å². The van der Waals surface area contributed by atoms with Crippen LogP contribution in [0.25, 0.3) is 0 Å². The molecule has 17 heavy (non-hydrogen) atoms. The zero-order valence-electron chi connectivity index (χ0n) is 10.9. The van der Waals surface area contributed by atoms with Crippen LogP contribution in [0.2, 0.25) is 0 Å². The maximum atomic E-state index is 4.14. The Morgan fingerprint density at radius 3 is 2.71 bits per heavy atom. The first-order valence-electron chi connectivity index (χ1n) is 6.75. The molecule has 1 fully saturated rings. The van der Waals surface area contributed by atoms with Crippen molar-refractivity contribution in [3.8, 4) is 0 Å². The quantitative estimate of drug-likeness (QED) is 0.819. The van der Waals surface area contributed by atoms with Gasteiger partial charge in [0.15, 0.2) is 5.82 Å². The molecule has 0 aromatic carbocycles. The molecule has 0 bridgehead atoms. The minimum absolute atomic E-state index is 0.441. The van der Waals surface area contributed by atoms with E-state index < -0.39 is 0 Å². The van der Waals surface area contributed by atoms with E-state index in [1.807, 2.05) is 4.68 Å². The second-order valence-electron chi connectivity index (χ2n) is 5.09. The third kappa shape index (κ3) is 2.83. The Balaban J connectivity index is 2.04. The van der Waals surface area contributed by atoms with Crippen LogP contribution in [-0.2, 0) is 13.1 Å². The highest BCUT2D eigenvalue weighted by molar-refractivity contribution is 4.87. The lowest BCUT2D eigenvalue weighted by Crippen LogP contribution is -2.26. The fourth-order valence-electron chi connectivity index (χ4n) is 2.78. The van der Waals surface area contributed by atoms with Crippen LogP contribution in [0.5, 0.6) is 0 Å². The first-order valence-corrected chi connectivity index (χ1v) is 6.75. The molecule has 96 valence electrons. The van der Waals surface area contributed by atoms with Gasteiger partial charge in [-0.3, -0.25) is 0 Å². The number of tetrazole rings is 1. The van der Waals surface area contributed by atoms with Gasteiger partial charge in [0.25, 0.3) is 0 Å². The topological polar surface area (TPSA) is 55.6 Å². The van der Waals surface area contributed by atoms with Gasteiger partial charge in [0, 0.05) is 0 Å². The summed E-state index contributed by atoms with van der Waals surface area (Å²) in [4.78, 5) is 0. The summed E-state index contributed by atoms with van der Waals surface area (Å²) in [6.07, 6.45) is 6.60. The van der Waals surface area contributed by atoms with Crippen molar-refractivity contribution in [1.82, 2.24) is 25.5 Å². The highest BCUT2D eigenvalue weighted by Crippen LogP contribution is 2.42. The molecule has 1 heterocycles. The molecule has 1 N–H and O–H groups in total. The predicted octanol–water partition coefficient (Wildman–Crippen LogP) is 1.75. The van der Waals surface area contributed by atoms with Crippen molar-refractivity contribution in [3.63, 3.8) is 0 Å². The summed E-state index contributed by atoms with van der Waals surface area (Å²) in [5.41, 5.74) is 0.441. The van der Waals surface area contributed by atoms with E-state index in [9.17, 15) is 0 Å². The van der Waals surface area contributed by atoms with Crippen LogP contribution < -0.4 is 5.32 Å². The van der Waals surface area contributed by atoms with E-state index in [4.69, 9.17) is 0 Å². The normalized spacial score (nSPS) is 18.7. The summed E-state index contributed by atoms with van der Waals surface area (Å²) in [5.74, 6) is 0.964. The van der Waals surface area contributed by atoms with E-state index in [2.05, 4.69) is 34.7 Å². The molecule has 5 heteroatoms. The standard InChI is InChI=1S/C12H23N5/c1-3-12(7-5-6-8-12)10-17-11(9-13-4-2)14-15-16-17/h13H,3-10H2,1-2H3. The minimum Gasteiger partial charge on any atom is -0.310 e. The van der Waals surface area contributed by atoms with E-state index in [0.29, 0.717) is 5.41 Å². The first-order chi connectivity index (χ1) is 8.29. The summed E-state index contributed by atoms with van der Waals surface area (Å²) in [7, 11) is 0. The van der Waals surface area contributed by atoms with Crippen molar-refractivity contribution < 1.29 is 0 Å². The predicted molar refractivity (Wildman–Crippen MR) is 66.4 cm³/mol. The average Bonchev–Trinajstić information content (AvgIpc) is 2.97. The van der Waals surface area contributed by atoms with Gasteiger partial charge in [-0.1, -0.05) is 26.7 Å². The highest BCUT2D eigenvalue weighted by atomic mass is 15.5. The molecule has 0 amide bonds. The number of hydrogen-bond acceptors (Lipinski definition) is 4. The summed E-state index contributed by atoms with van der Waals surface area (Å²) in [6, 6.07) is 0. The van der Waals surface area contributed by atoms with E-state index in [0.717, 1.165) is 25.5 Å². The van der Waals surface area contributed by atoms with Crippen LogP contribution >= 0.6 is 0 Å². The van der Waals surface area contributed by atoms with Gasteiger partial charge in [0.2, 0.25) is 0 Å². The molecule has 5 nitrogen and oxygen atoms in total. The Hall–Kier alpha value is -0.970. The second-order valence-corrected chi connectivity index (χ2v) is 5.09. The molecule has 1 aromatic rings. The Kier molecular flexibility index (Phi) is 4.10. The number of hydrogen-bond donors (Lipinski definition) is 1. The van der Waals surface area contributed by atoms with E-state index in [1.54, 1.807) is 0 Å². The summed E-state index contributed by atoms with van der Waals surface area (Å²) >= 11 is 0. The maximum Gasteiger partial charge on any atom is 0.165 e. The Labute approximate surface area is 103 Å². The molecule has 0 atom stereocenters. The van der Waals surface area contributed by atoms with Crippen LogP contribution in [0.4, 0.5) is 0 Å². The summed E-state index contributed by atoms with van der Waals surface area (Å²) in [6.45, 7) is 7.09. The minimum atomic E-state index is 0.441. The van der Waals surface area contributed by atoms with Crippen LogP contribution in [0, 0.1) is 5.41 Å². The highest BCUT2D eigenvalue weighted by Gasteiger charge is 2.33. The Bertz CT molecular complexity index is 340. The molecule has 0 saturated heterocycles. The van der Waals surface area contributed by atoms with Crippen LogP contribution in [0.1, 0.15) is 51.8 Å². The second kappa shape index (κ2) is 5.58. The van der Waals surface area contributed by atoms with E-state index >= 15 is 0 Å². The average molecular weight is 237 g/mol. The molecule has 1 saturated carbocycles. The van der Waals surface area contributed by atoms with Gasteiger partial charge in [-0.05, 0) is 41.6 Å². The first kappa shape index (κ1) is 12.5. The van der Waals surface area contributed by atoms with Gasteiger partial charge in [0.05, 0.1) is 13.1 Å². The molecule has 1 aromatic heterocycles. The van der Waals surface area contributed by atoms with Crippen molar-refractivity contribution in [2.75, 3.05) is 6.54 Å². The lowest BCUT2D eigenvalue weighted by molar-refractivity contribution is 0.221. The molecular weight excluding hydrogens is 214 g/mol. The van der Waals surface area contributed by atoms with Gasteiger partial charge in [0.1, 0.15) is 0 Å². The zero-order chi connectivity index (χ0) is 12.1. The third-order valence-electron chi connectivity index (χ3n) is 4.04.